The van der Waals surface area contributed by atoms with Crippen LogP contribution in [0, 0.1) is 0 Å². The maximum absolute atomic E-state index is 0. The maximum Gasteiger partial charge on any atom is 3.00 e. The van der Waals surface area contributed by atoms with E-state index >= 15 is 0 Å². The Bertz CT molecular complexity index is 22.5. The third kappa shape index (κ3) is 253. The molecule has 0 aliphatic carbocycles. The first-order chi connectivity index (χ1) is 0. The average molecular weight is 319 g/mol. The molecule has 0 bridgehead atoms. The first-order valence-corrected chi connectivity index (χ1v) is 0. The smallest absolute Gasteiger partial charge is 2.00 e. The number of hydrogen-bond donors (Lipinski definition) is 0. The van der Waals surface area contributed by atoms with E-state index in [0.29, 0.717) is 0 Å². The second-order valence-corrected chi connectivity index (χ2v) is 0. The van der Waals surface area contributed by atoms with Crippen LogP contribution in [-0.4, -0.2) is 74.3 Å². The van der Waals surface area contributed by atoms with E-state index in [4.69, 9.17) is 0 Å². The minimum Gasteiger partial charge on any atom is -2.00 e. The minimum absolute atomic E-state index is 0. The summed E-state index contributed by atoms with van der Waals surface area (Å²) in [5.74, 6) is 0. The Morgan fingerprint density at radius 2 is 0.308 bits per heavy atom. The van der Waals surface area contributed by atoms with Crippen molar-refractivity contribution in [2.75, 3.05) is 0 Å². The Labute approximate surface area is 148 Å². The molecule has 0 rings (SSSR count). The van der Waals surface area contributed by atoms with E-state index in [1.807, 2.05) is 0 Å². The molecule has 0 radical (unpaired) electrons. The molecule has 0 aromatic rings. The first kappa shape index (κ1) is 357. The van der Waals surface area contributed by atoms with Crippen LogP contribution in [-0.2, 0) is 38.3 Å². The predicted octanol–water partition coefficient (Wildman–Crippen LogP) is -8.35. The fourth-order valence-electron chi connectivity index (χ4n) is 0. The van der Waals surface area contributed by atoms with Crippen molar-refractivity contribution >= 4 is 74.3 Å². The molecule has 0 aliphatic rings. The topological polar surface area (TPSA) is 200 Å². The average Bonchev–Trinajstić information content (AvgIpc) is 0. The SMILES string of the molecule is [Al+3].[Al+3].[Ga+3].[Ga+3].[Li+].[Li+].[O-2].[O-2].[O-2].[O-2].[O-2].[O-2].[O-2]. The maximum atomic E-state index is 0. The second-order valence-electron chi connectivity index (χ2n) is 0. The van der Waals surface area contributed by atoms with Gasteiger partial charge < -0.3 is 38.3 Å². The molecule has 0 unspecified atom stereocenters. The molecule has 0 fully saturated rings. The van der Waals surface area contributed by atoms with Crippen LogP contribution < -0.4 is 37.7 Å². The van der Waals surface area contributed by atoms with Gasteiger partial charge in [-0.2, -0.15) is 0 Å². The van der Waals surface area contributed by atoms with Gasteiger partial charge in [0.25, 0.3) is 0 Å². The Balaban J connectivity index is 0. The van der Waals surface area contributed by atoms with Gasteiger partial charge in [-0.15, -0.1) is 0 Å². The third-order valence-electron chi connectivity index (χ3n) is 0. The summed E-state index contributed by atoms with van der Waals surface area (Å²) in [7, 11) is 0. The van der Waals surface area contributed by atoms with Crippen molar-refractivity contribution in [2.45, 2.75) is 0 Å². The van der Waals surface area contributed by atoms with Gasteiger partial charge in [-0.1, -0.05) is 0 Å². The van der Waals surface area contributed by atoms with Crippen molar-refractivity contribution in [3.8, 4) is 0 Å². The molecule has 0 aromatic heterocycles. The molecule has 13 heteroatoms. The molecule has 0 heterocycles. The van der Waals surface area contributed by atoms with Crippen molar-refractivity contribution in [1.29, 1.82) is 0 Å². The molecular weight excluding hydrogens is 319 g/mol. The zero-order chi connectivity index (χ0) is 0. The summed E-state index contributed by atoms with van der Waals surface area (Å²) in [6.07, 6.45) is 0. The van der Waals surface area contributed by atoms with Crippen LogP contribution in [0.4, 0.5) is 0 Å². The van der Waals surface area contributed by atoms with Gasteiger partial charge in [0.15, 0.2) is 0 Å². The van der Waals surface area contributed by atoms with Crippen molar-refractivity contribution < 1.29 is 76.1 Å². The Kier molecular flexibility index (Phi) is 8050. The van der Waals surface area contributed by atoms with Gasteiger partial charge in [-0.3, -0.25) is 0 Å². The Morgan fingerprint density at radius 3 is 0.308 bits per heavy atom. The molecule has 0 aliphatic heterocycles. The van der Waals surface area contributed by atoms with Gasteiger partial charge in [-0.05, 0) is 0 Å². The van der Waals surface area contributed by atoms with Crippen molar-refractivity contribution in [3.05, 3.63) is 0 Å². The second kappa shape index (κ2) is 293. The third-order valence-corrected chi connectivity index (χ3v) is 0. The summed E-state index contributed by atoms with van der Waals surface area (Å²) in [5.41, 5.74) is 0. The molecule has 0 amide bonds. The van der Waals surface area contributed by atoms with Gasteiger partial charge in [-0.25, -0.2) is 0 Å². The minimum atomic E-state index is 0. The van der Waals surface area contributed by atoms with Crippen LogP contribution >= 0.6 is 0 Å². The molecule has 0 aromatic carbocycles. The molecule has 56 valence electrons. The van der Waals surface area contributed by atoms with Crippen LogP contribution in [0.3, 0.4) is 0 Å². The van der Waals surface area contributed by atoms with Gasteiger partial charge in [0.1, 0.15) is 0 Å². The summed E-state index contributed by atoms with van der Waals surface area (Å²) in [6, 6.07) is 0. The standard InChI is InChI=1S/2Al.2Ga.2Li.7O/q4*+3;2*+1;7*-2. The molecule has 0 saturated carbocycles. The van der Waals surface area contributed by atoms with Crippen LogP contribution in [0.2, 0.25) is 0 Å². The first-order valence-electron chi connectivity index (χ1n) is 0. The summed E-state index contributed by atoms with van der Waals surface area (Å²) in [4.78, 5) is 0. The van der Waals surface area contributed by atoms with Gasteiger partial charge in [0.2, 0.25) is 0 Å². The molecule has 0 N–H and O–H groups in total. The largest absolute Gasteiger partial charge is 3.00 e. The Hall–Kier alpha value is 3.25. The fraction of sp³-hybridized carbons (Fsp3) is 0. The van der Waals surface area contributed by atoms with E-state index in [1.54, 1.807) is 0 Å². The van der Waals surface area contributed by atoms with E-state index in [9.17, 15) is 0 Å². The quantitative estimate of drug-likeness (QED) is 0.382. The van der Waals surface area contributed by atoms with Gasteiger partial charge in [0, 0.05) is 0 Å². The van der Waals surface area contributed by atoms with Gasteiger partial charge >= 0.3 is 112 Å². The van der Waals surface area contributed by atoms with Gasteiger partial charge in [0.05, 0.1) is 0 Å². The van der Waals surface area contributed by atoms with E-state index in [0.717, 1.165) is 0 Å². The molecule has 0 spiro atoms. The number of hydrogen-bond acceptors (Lipinski definition) is 0. The van der Waals surface area contributed by atoms with Crippen molar-refractivity contribution in [2.24, 2.45) is 0 Å². The van der Waals surface area contributed by atoms with Crippen LogP contribution in [0.25, 0.3) is 0 Å². The Morgan fingerprint density at radius 1 is 0.308 bits per heavy atom. The molecular formula is Al2Ga2Li2O7. The molecule has 0 saturated heterocycles. The monoisotopic (exact) mass is 318 g/mol. The van der Waals surface area contributed by atoms with Crippen LogP contribution in [0.1, 0.15) is 0 Å². The van der Waals surface area contributed by atoms with Crippen LogP contribution in [0.15, 0.2) is 0 Å². The summed E-state index contributed by atoms with van der Waals surface area (Å²) in [5, 5.41) is 0. The zero-order valence-corrected chi connectivity index (χ0v) is 14.3. The van der Waals surface area contributed by atoms with E-state index in [-0.39, 0.29) is 150 Å². The molecule has 7 nitrogen and oxygen atoms in total. The van der Waals surface area contributed by atoms with Crippen LogP contribution in [0.5, 0.6) is 0 Å². The zero-order valence-electron chi connectivity index (χ0n) is 7.17. The van der Waals surface area contributed by atoms with Crippen molar-refractivity contribution in [1.82, 2.24) is 0 Å². The van der Waals surface area contributed by atoms with E-state index < -0.39 is 0 Å². The summed E-state index contributed by atoms with van der Waals surface area (Å²) in [6.45, 7) is 0. The molecule has 13 heavy (non-hydrogen) atoms. The van der Waals surface area contributed by atoms with Crippen molar-refractivity contribution in [3.63, 3.8) is 0 Å². The normalized spacial score (nSPS) is 0. The fourth-order valence-corrected chi connectivity index (χ4v) is 0. The van der Waals surface area contributed by atoms with E-state index in [1.165, 1.54) is 0 Å². The predicted molar refractivity (Wildman–Crippen MR) is 27.8 cm³/mol. The molecule has 0 atom stereocenters. The number of rotatable bonds is 0. The summed E-state index contributed by atoms with van der Waals surface area (Å²) >= 11 is 0. The summed E-state index contributed by atoms with van der Waals surface area (Å²) < 4.78 is 0. The van der Waals surface area contributed by atoms with E-state index in [2.05, 4.69) is 0 Å².